The lowest BCUT2D eigenvalue weighted by Gasteiger charge is -2.07. The van der Waals surface area contributed by atoms with E-state index in [0.29, 0.717) is 11.3 Å². The lowest BCUT2D eigenvalue weighted by atomic mass is 10.2. The maximum absolute atomic E-state index is 11.6. The van der Waals surface area contributed by atoms with Gasteiger partial charge in [0.15, 0.2) is 0 Å². The number of rotatable bonds is 3. The van der Waals surface area contributed by atoms with Crippen LogP contribution in [0.25, 0.3) is 0 Å². The molecule has 0 saturated heterocycles. The fourth-order valence-electron chi connectivity index (χ4n) is 1.47. The van der Waals surface area contributed by atoms with Crippen LogP contribution in [-0.4, -0.2) is 28.2 Å². The van der Waals surface area contributed by atoms with E-state index in [-0.39, 0.29) is 4.77 Å². The van der Waals surface area contributed by atoms with Crippen molar-refractivity contribution in [1.82, 2.24) is 14.9 Å². The Hall–Kier alpha value is -1.32. The monoisotopic (exact) mass is 418 g/mol. The van der Waals surface area contributed by atoms with E-state index < -0.39 is 5.56 Å². The summed E-state index contributed by atoms with van der Waals surface area (Å²) in [6, 6.07) is 3.66. The molecule has 20 heavy (non-hydrogen) atoms. The number of hydrogen-bond acceptors (Lipinski definition) is 5. The van der Waals surface area contributed by atoms with Crippen LogP contribution in [0.2, 0.25) is 0 Å². The minimum atomic E-state index is -0.418. The number of ether oxygens (including phenoxy) is 1. The number of hydrogen-bond donors (Lipinski definition) is 1. The number of aromatic nitrogens is 3. The molecule has 9 heteroatoms. The number of methoxy groups -OCH3 is 1. The molecule has 0 aliphatic heterocycles. The van der Waals surface area contributed by atoms with Crippen molar-refractivity contribution in [1.29, 1.82) is 0 Å². The highest BCUT2D eigenvalue weighted by molar-refractivity contribution is 9.11. The minimum absolute atomic E-state index is 0.113. The van der Waals surface area contributed by atoms with Gasteiger partial charge < -0.3 is 4.74 Å². The smallest absolute Gasteiger partial charge is 0.293 e. The van der Waals surface area contributed by atoms with Crippen LogP contribution in [0.1, 0.15) is 5.56 Å². The van der Waals surface area contributed by atoms with Gasteiger partial charge in [-0.15, -0.1) is 0 Å². The molecule has 104 valence electrons. The van der Waals surface area contributed by atoms with Crippen LogP contribution in [0.4, 0.5) is 0 Å². The molecular formula is C11H8Br2N4O2S. The summed E-state index contributed by atoms with van der Waals surface area (Å²) in [7, 11) is 1.55. The predicted octanol–water partition coefficient (Wildman–Crippen LogP) is 2.72. The number of nitrogens with zero attached hydrogens (tertiary/aromatic N) is 3. The highest BCUT2D eigenvalue weighted by atomic mass is 79.9. The molecule has 0 saturated carbocycles. The Morgan fingerprint density at radius 2 is 2.25 bits per heavy atom. The van der Waals surface area contributed by atoms with Gasteiger partial charge >= 0.3 is 0 Å². The summed E-state index contributed by atoms with van der Waals surface area (Å²) in [5.74, 6) is 0.606. The first-order chi connectivity index (χ1) is 9.52. The zero-order valence-corrected chi connectivity index (χ0v) is 14.1. The van der Waals surface area contributed by atoms with Gasteiger partial charge in [0, 0.05) is 10.0 Å². The van der Waals surface area contributed by atoms with Gasteiger partial charge in [0.2, 0.25) is 4.77 Å². The number of halogens is 2. The van der Waals surface area contributed by atoms with Crippen molar-refractivity contribution in [2.24, 2.45) is 5.10 Å². The van der Waals surface area contributed by atoms with Crippen molar-refractivity contribution in [3.8, 4) is 5.75 Å². The number of benzene rings is 1. The van der Waals surface area contributed by atoms with E-state index in [1.165, 1.54) is 6.21 Å². The second-order valence-electron chi connectivity index (χ2n) is 3.58. The Morgan fingerprint density at radius 1 is 1.50 bits per heavy atom. The molecule has 0 unspecified atom stereocenters. The van der Waals surface area contributed by atoms with E-state index in [9.17, 15) is 4.79 Å². The fraction of sp³-hybridized carbons (Fsp3) is 0.0909. The molecule has 1 N–H and O–H groups in total. The second-order valence-corrected chi connectivity index (χ2v) is 5.74. The topological polar surface area (TPSA) is 72.3 Å². The predicted molar refractivity (Wildman–Crippen MR) is 85.1 cm³/mol. The largest absolute Gasteiger partial charge is 0.495 e. The van der Waals surface area contributed by atoms with Gasteiger partial charge in [-0.3, -0.25) is 9.89 Å². The highest BCUT2D eigenvalue weighted by Gasteiger charge is 2.07. The normalized spacial score (nSPS) is 10.9. The quantitative estimate of drug-likeness (QED) is 0.613. The van der Waals surface area contributed by atoms with E-state index >= 15 is 0 Å². The van der Waals surface area contributed by atoms with Gasteiger partial charge in [-0.2, -0.15) is 14.9 Å². The fourth-order valence-corrected chi connectivity index (χ4v) is 3.08. The third-order valence-electron chi connectivity index (χ3n) is 2.29. The molecule has 0 spiro atoms. The van der Waals surface area contributed by atoms with Crippen LogP contribution >= 0.6 is 44.1 Å². The maximum Gasteiger partial charge on any atom is 0.293 e. The van der Waals surface area contributed by atoms with Crippen molar-refractivity contribution in [3.63, 3.8) is 0 Å². The maximum atomic E-state index is 11.6. The van der Waals surface area contributed by atoms with Gasteiger partial charge in [0.1, 0.15) is 11.9 Å². The zero-order valence-electron chi connectivity index (χ0n) is 10.1. The Labute approximate surface area is 135 Å². The van der Waals surface area contributed by atoms with Crippen LogP contribution in [0.5, 0.6) is 5.75 Å². The summed E-state index contributed by atoms with van der Waals surface area (Å²) in [4.78, 5) is 11.6. The van der Waals surface area contributed by atoms with Gasteiger partial charge in [-0.25, -0.2) is 0 Å². The van der Waals surface area contributed by atoms with E-state index in [4.69, 9.17) is 17.0 Å². The molecule has 6 nitrogen and oxygen atoms in total. The molecular weight excluding hydrogens is 412 g/mol. The molecule has 1 aromatic carbocycles. The molecule has 0 fully saturated rings. The van der Waals surface area contributed by atoms with Crippen LogP contribution in [-0.2, 0) is 0 Å². The van der Waals surface area contributed by atoms with E-state index in [0.717, 1.165) is 19.8 Å². The molecule has 1 heterocycles. The third-order valence-corrected chi connectivity index (χ3v) is 3.60. The molecule has 1 aromatic heterocycles. The SMILES string of the molecule is COc1c(Br)cc(Br)cc1/C=N\n1c(=O)cn[nH]c1=S. The molecule has 0 radical (unpaired) electrons. The number of nitrogens with one attached hydrogen (secondary N) is 1. The molecule has 2 aromatic rings. The minimum Gasteiger partial charge on any atom is -0.495 e. The average molecular weight is 420 g/mol. The van der Waals surface area contributed by atoms with E-state index in [1.54, 1.807) is 7.11 Å². The molecule has 0 aliphatic carbocycles. The Balaban J connectivity index is 2.52. The van der Waals surface area contributed by atoms with Crippen molar-refractivity contribution < 1.29 is 4.74 Å². The van der Waals surface area contributed by atoms with Crippen molar-refractivity contribution in [2.75, 3.05) is 7.11 Å². The van der Waals surface area contributed by atoms with Crippen molar-refractivity contribution >= 4 is 50.3 Å². The van der Waals surface area contributed by atoms with Crippen LogP contribution in [0.3, 0.4) is 0 Å². The Bertz CT molecular complexity index is 756. The van der Waals surface area contributed by atoms with Crippen LogP contribution < -0.4 is 10.3 Å². The number of aromatic amines is 1. The summed E-state index contributed by atoms with van der Waals surface area (Å²) in [5, 5.41) is 10.1. The van der Waals surface area contributed by atoms with Gasteiger partial charge in [-0.1, -0.05) is 15.9 Å². The first-order valence-electron chi connectivity index (χ1n) is 5.27. The second kappa shape index (κ2) is 6.42. The van der Waals surface area contributed by atoms with Crippen LogP contribution in [0, 0.1) is 4.77 Å². The van der Waals surface area contributed by atoms with Gasteiger partial charge in [0.25, 0.3) is 5.56 Å². The summed E-state index contributed by atoms with van der Waals surface area (Å²) < 4.78 is 8.05. The average Bonchev–Trinajstić information content (AvgIpc) is 2.37. The number of H-pyrrole nitrogens is 1. The molecule has 2 rings (SSSR count). The van der Waals surface area contributed by atoms with Gasteiger partial charge in [-0.05, 0) is 40.3 Å². The Kier molecular flexibility index (Phi) is 4.84. The summed E-state index contributed by atoms with van der Waals surface area (Å²) >= 11 is 11.7. The van der Waals surface area contributed by atoms with E-state index in [2.05, 4.69) is 47.2 Å². The molecule has 0 atom stereocenters. The summed E-state index contributed by atoms with van der Waals surface area (Å²) in [6.45, 7) is 0. The molecule has 0 amide bonds. The Morgan fingerprint density at radius 3 is 2.90 bits per heavy atom. The first kappa shape index (κ1) is 15.1. The van der Waals surface area contributed by atoms with E-state index in [1.807, 2.05) is 12.1 Å². The van der Waals surface area contributed by atoms with Crippen LogP contribution in [0.15, 0.2) is 37.2 Å². The van der Waals surface area contributed by atoms with Crippen molar-refractivity contribution in [3.05, 3.63) is 48.0 Å². The highest BCUT2D eigenvalue weighted by Crippen LogP contribution is 2.31. The first-order valence-corrected chi connectivity index (χ1v) is 7.26. The standard InChI is InChI=1S/C11H8Br2N4O2S/c1-19-10-6(2-7(12)3-8(10)13)4-15-17-9(18)5-14-16-11(17)20/h2-5H,1H3,(H,16,20)/b15-4-. The molecule has 0 aliphatic rings. The lowest BCUT2D eigenvalue weighted by Crippen LogP contribution is -2.18. The summed E-state index contributed by atoms with van der Waals surface area (Å²) in [5.41, 5.74) is 0.268. The zero-order chi connectivity index (χ0) is 14.7. The summed E-state index contributed by atoms with van der Waals surface area (Å²) in [6.07, 6.45) is 2.58. The third kappa shape index (κ3) is 3.22. The van der Waals surface area contributed by atoms with Crippen molar-refractivity contribution in [2.45, 2.75) is 0 Å². The lowest BCUT2D eigenvalue weighted by molar-refractivity contribution is 0.411. The van der Waals surface area contributed by atoms with Gasteiger partial charge in [0.05, 0.1) is 17.8 Å². The molecule has 0 bridgehead atoms.